The molecule has 1 saturated carbocycles. The van der Waals surface area contributed by atoms with Crippen LogP contribution in [0, 0.1) is 5.92 Å². The van der Waals surface area contributed by atoms with Gasteiger partial charge in [0.2, 0.25) is 0 Å². The summed E-state index contributed by atoms with van der Waals surface area (Å²) in [5, 5.41) is 2.74. The summed E-state index contributed by atoms with van der Waals surface area (Å²) in [5.41, 5.74) is 0.511. The van der Waals surface area contributed by atoms with Gasteiger partial charge in [-0.2, -0.15) is 0 Å². The summed E-state index contributed by atoms with van der Waals surface area (Å²) in [6, 6.07) is 8.42. The number of anilines is 1. The molecule has 0 radical (unpaired) electrons. The smallest absolute Gasteiger partial charge is 0.263 e. The van der Waals surface area contributed by atoms with Crippen LogP contribution in [-0.4, -0.2) is 37.0 Å². The Morgan fingerprint density at radius 2 is 1.87 bits per heavy atom. The minimum Gasteiger partial charge on any atom is -0.493 e. The van der Waals surface area contributed by atoms with E-state index in [0.29, 0.717) is 41.2 Å². The largest absolute Gasteiger partial charge is 0.493 e. The lowest BCUT2D eigenvalue weighted by molar-refractivity contribution is -0.118. The Balaban J connectivity index is 1.57. The number of rotatable bonds is 9. The fraction of sp³-hybridized carbons (Fsp3) is 0.435. The molecule has 0 atom stereocenters. The van der Waals surface area contributed by atoms with Gasteiger partial charge in [-0.3, -0.25) is 9.59 Å². The van der Waals surface area contributed by atoms with Gasteiger partial charge in [-0.25, -0.2) is 4.98 Å². The molecule has 0 aliphatic heterocycles. The Kier molecular flexibility index (Phi) is 7.65. The van der Waals surface area contributed by atoms with Gasteiger partial charge in [-0.1, -0.05) is 19.3 Å². The molecule has 2 aromatic rings. The standard InChI is InChI=1S/C23H28N2O5/c1-16(26)18-10-11-19(21(13-18)28-2)30-15-22(27)25-23-20(9-6-12-24-23)29-14-17-7-4-3-5-8-17/h6,9-13,17H,3-5,7-8,14-15H2,1-2H3,(H,24,25,27). The van der Waals surface area contributed by atoms with Crippen molar-refractivity contribution >= 4 is 17.5 Å². The zero-order valence-corrected chi connectivity index (χ0v) is 17.5. The SMILES string of the molecule is COc1cc(C(C)=O)ccc1OCC(=O)Nc1ncccc1OCC1CCCCC1. The molecule has 1 fully saturated rings. The van der Waals surface area contributed by atoms with Gasteiger partial charge in [-0.15, -0.1) is 0 Å². The van der Waals surface area contributed by atoms with E-state index in [-0.39, 0.29) is 18.3 Å². The molecule has 1 aliphatic rings. The molecule has 7 nitrogen and oxygen atoms in total. The third-order valence-electron chi connectivity index (χ3n) is 5.16. The van der Waals surface area contributed by atoms with Crippen LogP contribution in [0.3, 0.4) is 0 Å². The quantitative estimate of drug-likeness (QED) is 0.619. The minimum atomic E-state index is -0.367. The lowest BCUT2D eigenvalue weighted by atomic mass is 9.90. The molecule has 1 aliphatic carbocycles. The number of carbonyl (C=O) groups excluding carboxylic acids is 2. The number of Topliss-reactive ketones (excluding diaryl/α,β-unsaturated/α-hetero) is 1. The number of methoxy groups -OCH3 is 1. The molecule has 3 rings (SSSR count). The average molecular weight is 412 g/mol. The van der Waals surface area contributed by atoms with E-state index in [4.69, 9.17) is 14.2 Å². The van der Waals surface area contributed by atoms with Crippen LogP contribution in [0.25, 0.3) is 0 Å². The molecule has 30 heavy (non-hydrogen) atoms. The predicted molar refractivity (Wildman–Crippen MR) is 113 cm³/mol. The Bertz CT molecular complexity index is 878. The van der Waals surface area contributed by atoms with Crippen LogP contribution in [0.5, 0.6) is 17.2 Å². The monoisotopic (exact) mass is 412 g/mol. The van der Waals surface area contributed by atoms with Gasteiger partial charge in [0.05, 0.1) is 13.7 Å². The molecule has 1 aromatic heterocycles. The number of carbonyl (C=O) groups is 2. The van der Waals surface area contributed by atoms with Crippen LogP contribution in [0.1, 0.15) is 49.4 Å². The number of benzene rings is 1. The van der Waals surface area contributed by atoms with Crippen molar-refractivity contribution in [3.8, 4) is 17.2 Å². The molecule has 1 N–H and O–H groups in total. The Morgan fingerprint density at radius 1 is 1.07 bits per heavy atom. The highest BCUT2D eigenvalue weighted by molar-refractivity contribution is 5.95. The molecule has 0 spiro atoms. The molecule has 1 aromatic carbocycles. The van der Waals surface area contributed by atoms with Crippen LogP contribution in [0.2, 0.25) is 0 Å². The summed E-state index contributed by atoms with van der Waals surface area (Å²) < 4.78 is 16.8. The van der Waals surface area contributed by atoms with Crippen molar-refractivity contribution in [2.45, 2.75) is 39.0 Å². The topological polar surface area (TPSA) is 86.8 Å². The number of ether oxygens (including phenoxy) is 3. The molecule has 160 valence electrons. The third kappa shape index (κ3) is 5.95. The normalized spacial score (nSPS) is 14.1. The van der Waals surface area contributed by atoms with E-state index >= 15 is 0 Å². The van der Waals surface area contributed by atoms with Gasteiger partial charge >= 0.3 is 0 Å². The number of hydrogen-bond acceptors (Lipinski definition) is 6. The van der Waals surface area contributed by atoms with Crippen molar-refractivity contribution in [3.63, 3.8) is 0 Å². The summed E-state index contributed by atoms with van der Waals surface area (Å²) in [7, 11) is 1.48. The number of pyridine rings is 1. The van der Waals surface area contributed by atoms with Crippen LogP contribution in [0.15, 0.2) is 36.5 Å². The fourth-order valence-electron chi connectivity index (χ4n) is 3.48. The lowest BCUT2D eigenvalue weighted by Crippen LogP contribution is -2.22. The Hall–Kier alpha value is -3.09. The lowest BCUT2D eigenvalue weighted by Gasteiger charge is -2.22. The third-order valence-corrected chi connectivity index (χ3v) is 5.16. The maximum atomic E-state index is 12.4. The van der Waals surface area contributed by atoms with Crippen LogP contribution in [0.4, 0.5) is 5.82 Å². The first-order chi connectivity index (χ1) is 14.6. The summed E-state index contributed by atoms with van der Waals surface area (Å²) >= 11 is 0. The van der Waals surface area contributed by atoms with Crippen molar-refractivity contribution in [2.75, 3.05) is 25.6 Å². The molecule has 0 bridgehead atoms. The van der Waals surface area contributed by atoms with Gasteiger partial charge in [0.1, 0.15) is 0 Å². The Labute approximate surface area is 176 Å². The van der Waals surface area contributed by atoms with Crippen molar-refractivity contribution in [3.05, 3.63) is 42.1 Å². The molecule has 0 saturated heterocycles. The second-order valence-electron chi connectivity index (χ2n) is 7.42. The molecular weight excluding hydrogens is 384 g/mol. The number of hydrogen-bond donors (Lipinski definition) is 1. The minimum absolute atomic E-state index is 0.0755. The van der Waals surface area contributed by atoms with E-state index in [2.05, 4.69) is 10.3 Å². The summed E-state index contributed by atoms with van der Waals surface area (Å²) in [6.45, 7) is 1.88. The summed E-state index contributed by atoms with van der Waals surface area (Å²) in [6.07, 6.45) is 7.76. The van der Waals surface area contributed by atoms with Crippen molar-refractivity contribution < 1.29 is 23.8 Å². The van der Waals surface area contributed by atoms with Gasteiger partial charge in [0, 0.05) is 11.8 Å². The van der Waals surface area contributed by atoms with Crippen molar-refractivity contribution in [1.29, 1.82) is 0 Å². The van der Waals surface area contributed by atoms with Crippen LogP contribution in [-0.2, 0) is 4.79 Å². The van der Waals surface area contributed by atoms with E-state index in [1.54, 1.807) is 36.5 Å². The number of ketones is 1. The van der Waals surface area contributed by atoms with E-state index < -0.39 is 0 Å². The van der Waals surface area contributed by atoms with E-state index in [1.807, 2.05) is 0 Å². The van der Waals surface area contributed by atoms with E-state index in [9.17, 15) is 9.59 Å². The van der Waals surface area contributed by atoms with Gasteiger partial charge < -0.3 is 19.5 Å². The molecular formula is C23H28N2O5. The van der Waals surface area contributed by atoms with Gasteiger partial charge in [-0.05, 0) is 56.0 Å². The molecule has 0 unspecified atom stereocenters. The highest BCUT2D eigenvalue weighted by Crippen LogP contribution is 2.29. The highest BCUT2D eigenvalue weighted by atomic mass is 16.5. The van der Waals surface area contributed by atoms with Gasteiger partial charge in [0.15, 0.2) is 35.5 Å². The van der Waals surface area contributed by atoms with Crippen molar-refractivity contribution in [1.82, 2.24) is 4.98 Å². The van der Waals surface area contributed by atoms with Crippen molar-refractivity contribution in [2.24, 2.45) is 5.92 Å². The maximum absolute atomic E-state index is 12.4. The number of amides is 1. The summed E-state index contributed by atoms with van der Waals surface area (Å²) in [5.74, 6) is 1.82. The second-order valence-corrected chi connectivity index (χ2v) is 7.42. The molecule has 1 amide bonds. The van der Waals surface area contributed by atoms with E-state index in [0.717, 1.165) is 0 Å². The van der Waals surface area contributed by atoms with Crippen LogP contribution < -0.4 is 19.5 Å². The second kappa shape index (κ2) is 10.6. The molecule has 1 heterocycles. The zero-order valence-electron chi connectivity index (χ0n) is 17.5. The molecule has 7 heteroatoms. The van der Waals surface area contributed by atoms with E-state index in [1.165, 1.54) is 46.1 Å². The number of nitrogens with zero attached hydrogens (tertiary/aromatic N) is 1. The Morgan fingerprint density at radius 3 is 2.60 bits per heavy atom. The fourth-order valence-corrected chi connectivity index (χ4v) is 3.48. The number of aromatic nitrogens is 1. The first kappa shape index (κ1) is 21.6. The van der Waals surface area contributed by atoms with Crippen LogP contribution >= 0.6 is 0 Å². The highest BCUT2D eigenvalue weighted by Gasteiger charge is 2.16. The zero-order chi connectivity index (χ0) is 21.3. The maximum Gasteiger partial charge on any atom is 0.263 e. The van der Waals surface area contributed by atoms with Gasteiger partial charge in [0.25, 0.3) is 5.91 Å². The summed E-state index contributed by atoms with van der Waals surface area (Å²) in [4.78, 5) is 28.1. The first-order valence-corrected chi connectivity index (χ1v) is 10.3. The number of nitrogens with one attached hydrogen (secondary N) is 1. The average Bonchev–Trinajstić information content (AvgIpc) is 2.77. The first-order valence-electron chi connectivity index (χ1n) is 10.3. The predicted octanol–water partition coefficient (Wildman–Crippen LogP) is 4.27.